The van der Waals surface area contributed by atoms with Gasteiger partial charge in [-0.25, -0.2) is 4.79 Å². The van der Waals surface area contributed by atoms with Crippen LogP contribution in [0.2, 0.25) is 0 Å². The molecule has 1 heterocycles. The number of hydrogen-bond donors (Lipinski definition) is 0. The van der Waals surface area contributed by atoms with Crippen molar-refractivity contribution >= 4 is 12.0 Å². The standard InChI is InChI=1S/C21H32N2O6/c1-16(2)23(29-21(25)22-11-6-5-7-12-22)20(24)17-9-10-18(27-4)19(15-17)28-14-8-13-26-3/h9-10,15-16H,5-8,11-14H2,1-4H3. The van der Waals surface area contributed by atoms with E-state index in [0.717, 1.165) is 24.3 Å². The van der Waals surface area contributed by atoms with Crippen LogP contribution < -0.4 is 9.47 Å². The number of carbonyl (C=O) groups is 2. The minimum absolute atomic E-state index is 0.315. The Labute approximate surface area is 172 Å². The fraction of sp³-hybridized carbons (Fsp3) is 0.619. The van der Waals surface area contributed by atoms with Crippen LogP contribution in [0.5, 0.6) is 11.5 Å². The van der Waals surface area contributed by atoms with E-state index in [-0.39, 0.29) is 6.04 Å². The number of methoxy groups -OCH3 is 2. The molecular weight excluding hydrogens is 376 g/mol. The topological polar surface area (TPSA) is 77.5 Å². The molecule has 1 aromatic carbocycles. The first-order valence-electron chi connectivity index (χ1n) is 10.1. The van der Waals surface area contributed by atoms with Crippen molar-refractivity contribution in [1.29, 1.82) is 0 Å². The molecule has 8 nitrogen and oxygen atoms in total. The Bertz CT molecular complexity index is 673. The van der Waals surface area contributed by atoms with Gasteiger partial charge in [-0.3, -0.25) is 4.79 Å². The summed E-state index contributed by atoms with van der Waals surface area (Å²) in [6, 6.07) is 4.60. The van der Waals surface area contributed by atoms with Crippen LogP contribution in [-0.2, 0) is 9.57 Å². The highest BCUT2D eigenvalue weighted by Gasteiger charge is 2.27. The van der Waals surface area contributed by atoms with E-state index < -0.39 is 12.0 Å². The van der Waals surface area contributed by atoms with E-state index in [1.54, 1.807) is 51.2 Å². The molecule has 0 radical (unpaired) electrons. The molecule has 8 heteroatoms. The third-order valence-corrected chi connectivity index (χ3v) is 4.62. The molecule has 0 spiro atoms. The van der Waals surface area contributed by atoms with Gasteiger partial charge in [-0.15, -0.1) is 0 Å². The second-order valence-electron chi connectivity index (χ2n) is 7.19. The SMILES string of the molecule is COCCCOc1cc(C(=O)N(OC(=O)N2CCCCC2)C(C)C)ccc1OC. The number of nitrogens with zero attached hydrogens (tertiary/aromatic N) is 2. The molecule has 2 rings (SSSR count). The van der Waals surface area contributed by atoms with E-state index in [1.807, 2.05) is 0 Å². The van der Waals surface area contributed by atoms with Gasteiger partial charge in [0.15, 0.2) is 11.5 Å². The fourth-order valence-corrected chi connectivity index (χ4v) is 3.03. The summed E-state index contributed by atoms with van der Waals surface area (Å²) in [5, 5.41) is 1.12. The molecule has 1 saturated heterocycles. The average molecular weight is 408 g/mol. The van der Waals surface area contributed by atoms with Crippen molar-refractivity contribution < 1.29 is 28.6 Å². The van der Waals surface area contributed by atoms with Gasteiger partial charge in [-0.05, 0) is 51.3 Å². The van der Waals surface area contributed by atoms with E-state index in [1.165, 1.54) is 0 Å². The number of rotatable bonds is 8. The highest BCUT2D eigenvalue weighted by molar-refractivity contribution is 5.95. The highest BCUT2D eigenvalue weighted by atomic mass is 16.7. The van der Waals surface area contributed by atoms with Crippen molar-refractivity contribution in [2.24, 2.45) is 0 Å². The third kappa shape index (κ3) is 6.52. The molecule has 1 fully saturated rings. The minimum Gasteiger partial charge on any atom is -0.493 e. The van der Waals surface area contributed by atoms with Crippen LogP contribution in [-0.4, -0.2) is 68.5 Å². The summed E-state index contributed by atoms with van der Waals surface area (Å²) in [4.78, 5) is 32.6. The molecule has 0 aliphatic carbocycles. The monoisotopic (exact) mass is 408 g/mol. The van der Waals surface area contributed by atoms with Gasteiger partial charge in [0.05, 0.1) is 19.8 Å². The molecule has 162 valence electrons. The Hall–Kier alpha value is -2.48. The average Bonchev–Trinajstić information content (AvgIpc) is 2.74. The summed E-state index contributed by atoms with van der Waals surface area (Å²) >= 11 is 0. The fourth-order valence-electron chi connectivity index (χ4n) is 3.03. The number of amides is 2. The van der Waals surface area contributed by atoms with Gasteiger partial charge >= 0.3 is 6.09 Å². The lowest BCUT2D eigenvalue weighted by Gasteiger charge is -2.30. The van der Waals surface area contributed by atoms with Crippen molar-refractivity contribution in [3.63, 3.8) is 0 Å². The zero-order chi connectivity index (χ0) is 21.2. The summed E-state index contributed by atoms with van der Waals surface area (Å²) in [6.07, 6.45) is 3.23. The summed E-state index contributed by atoms with van der Waals surface area (Å²) in [6.45, 7) is 5.91. The van der Waals surface area contributed by atoms with E-state index in [9.17, 15) is 9.59 Å². The van der Waals surface area contributed by atoms with E-state index in [2.05, 4.69) is 0 Å². The Kier molecular flexibility index (Phi) is 9.05. The zero-order valence-electron chi connectivity index (χ0n) is 17.8. The van der Waals surface area contributed by atoms with Gasteiger partial charge in [0.25, 0.3) is 5.91 Å². The number of likely N-dealkylation sites (tertiary alicyclic amines) is 1. The van der Waals surface area contributed by atoms with Gasteiger partial charge in [0, 0.05) is 38.8 Å². The summed E-state index contributed by atoms with van der Waals surface area (Å²) in [5.41, 5.74) is 0.354. The molecule has 0 aromatic heterocycles. The van der Waals surface area contributed by atoms with Crippen molar-refractivity contribution in [1.82, 2.24) is 9.96 Å². The lowest BCUT2D eigenvalue weighted by Crippen LogP contribution is -2.44. The van der Waals surface area contributed by atoms with Crippen molar-refractivity contribution in [3.05, 3.63) is 23.8 Å². The van der Waals surface area contributed by atoms with E-state index in [0.29, 0.717) is 49.8 Å². The number of benzene rings is 1. The first-order chi connectivity index (χ1) is 14.0. The second kappa shape index (κ2) is 11.5. The molecule has 0 atom stereocenters. The first kappa shape index (κ1) is 22.8. The summed E-state index contributed by atoms with van der Waals surface area (Å²) in [7, 11) is 3.17. The number of hydroxylamine groups is 2. The molecule has 0 saturated carbocycles. The number of hydrogen-bond acceptors (Lipinski definition) is 6. The van der Waals surface area contributed by atoms with Gasteiger partial charge in [-0.1, -0.05) is 0 Å². The van der Waals surface area contributed by atoms with Crippen LogP contribution in [0.1, 0.15) is 49.9 Å². The molecule has 0 bridgehead atoms. The first-order valence-corrected chi connectivity index (χ1v) is 10.1. The molecule has 1 aliphatic heterocycles. The lowest BCUT2D eigenvalue weighted by molar-refractivity contribution is -0.101. The maximum Gasteiger partial charge on any atom is 0.434 e. The van der Waals surface area contributed by atoms with Crippen molar-refractivity contribution in [2.45, 2.75) is 45.6 Å². The molecule has 1 aromatic rings. The van der Waals surface area contributed by atoms with Crippen LogP contribution in [0.15, 0.2) is 18.2 Å². The lowest BCUT2D eigenvalue weighted by atomic mass is 10.1. The van der Waals surface area contributed by atoms with Gasteiger partial charge in [0.2, 0.25) is 0 Å². The zero-order valence-corrected chi connectivity index (χ0v) is 17.8. The van der Waals surface area contributed by atoms with Crippen LogP contribution >= 0.6 is 0 Å². The van der Waals surface area contributed by atoms with Gasteiger partial charge in [0.1, 0.15) is 0 Å². The van der Waals surface area contributed by atoms with Crippen molar-refractivity contribution in [3.8, 4) is 11.5 Å². The number of ether oxygens (including phenoxy) is 3. The Morgan fingerprint density at radius 1 is 1.07 bits per heavy atom. The predicted molar refractivity (Wildman–Crippen MR) is 108 cm³/mol. The molecule has 29 heavy (non-hydrogen) atoms. The van der Waals surface area contributed by atoms with Gasteiger partial charge in [-0.2, -0.15) is 5.06 Å². The summed E-state index contributed by atoms with van der Waals surface area (Å²) < 4.78 is 16.1. The third-order valence-electron chi connectivity index (χ3n) is 4.62. The molecule has 1 aliphatic rings. The smallest absolute Gasteiger partial charge is 0.434 e. The molecular formula is C21H32N2O6. The quantitative estimate of drug-likeness (QED) is 0.484. The van der Waals surface area contributed by atoms with Crippen LogP contribution in [0.25, 0.3) is 0 Å². The molecule has 2 amide bonds. The van der Waals surface area contributed by atoms with Crippen LogP contribution in [0.4, 0.5) is 4.79 Å². The van der Waals surface area contributed by atoms with Crippen molar-refractivity contribution in [2.75, 3.05) is 40.5 Å². The minimum atomic E-state index is -0.490. The predicted octanol–water partition coefficient (Wildman–Crippen LogP) is 3.50. The van der Waals surface area contributed by atoms with E-state index >= 15 is 0 Å². The van der Waals surface area contributed by atoms with Gasteiger partial charge < -0.3 is 23.9 Å². The Balaban J connectivity index is 2.12. The summed E-state index contributed by atoms with van der Waals surface area (Å²) in [5.74, 6) is 0.579. The largest absolute Gasteiger partial charge is 0.493 e. The van der Waals surface area contributed by atoms with Crippen LogP contribution in [0, 0.1) is 0 Å². The number of piperidine rings is 1. The molecule has 0 N–H and O–H groups in total. The van der Waals surface area contributed by atoms with E-state index in [4.69, 9.17) is 19.0 Å². The normalized spacial score (nSPS) is 13.9. The second-order valence-corrected chi connectivity index (χ2v) is 7.19. The maximum absolute atomic E-state index is 13.0. The maximum atomic E-state index is 13.0. The number of carbonyl (C=O) groups excluding carboxylic acids is 2. The Morgan fingerprint density at radius 3 is 2.41 bits per heavy atom. The highest BCUT2D eigenvalue weighted by Crippen LogP contribution is 2.29. The Morgan fingerprint density at radius 2 is 1.79 bits per heavy atom. The van der Waals surface area contributed by atoms with Crippen LogP contribution in [0.3, 0.4) is 0 Å². The molecule has 0 unspecified atom stereocenters.